The lowest BCUT2D eigenvalue weighted by atomic mass is 9.98. The number of nitrogens with two attached hydrogens (primary N) is 1. The summed E-state index contributed by atoms with van der Waals surface area (Å²) in [6.45, 7) is 5.74. The Labute approximate surface area is 417 Å². The number of nitrogens with zero attached hydrogens (tertiary/aromatic N) is 4. The molecule has 3 aliphatic rings. The highest BCUT2D eigenvalue weighted by Gasteiger charge is 2.46. The number of piperidine rings is 1. The van der Waals surface area contributed by atoms with Crippen molar-refractivity contribution in [1.82, 2.24) is 40.2 Å². The van der Waals surface area contributed by atoms with E-state index in [4.69, 9.17) is 10.5 Å². The van der Waals surface area contributed by atoms with E-state index in [1.807, 2.05) is 72.8 Å². The fourth-order valence-corrected chi connectivity index (χ4v) is 9.80. The third kappa shape index (κ3) is 12.9. The van der Waals surface area contributed by atoms with Gasteiger partial charge < -0.3 is 41.5 Å². The molecule has 4 aromatic rings. The Hall–Kier alpha value is -7.51. The van der Waals surface area contributed by atoms with Crippen LogP contribution in [0.15, 0.2) is 83.7 Å². The van der Waals surface area contributed by atoms with Gasteiger partial charge in [0.25, 0.3) is 0 Å². The summed E-state index contributed by atoms with van der Waals surface area (Å²) in [6.07, 6.45) is 2.47. The minimum absolute atomic E-state index is 0.0893. The molecular weight excluding hydrogens is 925 g/mol. The summed E-state index contributed by atoms with van der Waals surface area (Å²) in [4.78, 5) is 123. The molecule has 7 rings (SSSR count). The van der Waals surface area contributed by atoms with Crippen LogP contribution in [0.2, 0.25) is 0 Å². The van der Waals surface area contributed by atoms with Crippen molar-refractivity contribution in [2.45, 2.75) is 133 Å². The molecule has 3 saturated heterocycles. The van der Waals surface area contributed by atoms with Crippen LogP contribution in [0.5, 0.6) is 0 Å². The van der Waals surface area contributed by atoms with E-state index in [0.717, 1.165) is 23.2 Å². The number of hydrogen-bond donors (Lipinski definition) is 6. The summed E-state index contributed by atoms with van der Waals surface area (Å²) in [7, 11) is 1.64. The van der Waals surface area contributed by atoms with Crippen molar-refractivity contribution < 1.29 is 43.1 Å². The number of alkyl carbamates (subject to hydrolysis) is 1. The van der Waals surface area contributed by atoms with E-state index < -0.39 is 77.5 Å². The highest BCUT2D eigenvalue weighted by Crippen LogP contribution is 2.31. The van der Waals surface area contributed by atoms with Gasteiger partial charge >= 0.3 is 11.8 Å². The fraction of sp³-hybridized carbons (Fsp3) is 0.481. The number of anilines is 1. The number of ether oxygens (including phenoxy) is 1. The molecule has 1 unspecified atom stereocenters. The average molecular weight is 991 g/mol. The third-order valence-electron chi connectivity index (χ3n) is 13.4. The standard InChI is InChI=1S/C52H66N10O10/c1-52(2,3)72-50(70)56-37-31-60(44(65)18-12-7-13-28-54-34-19-22-38-41(30-34)59(4)51(71)62(38)40-24-26-43(64)57-48(40)68)29-27-35-20-23-39(61(35)49(37)69)47(67)55-36(21-25-42(53)63)46(66)58-45(32-14-8-5-9-15-32)33-16-10-6-11-17-33/h5-6,8-11,14-17,19,22,30,35-37,39-40,45,54H,7,12-13,18,20-21,23-29,31H2,1-4H3,(H2,53,63)(H,55,67)(H,56,70)(H,58,66)(H,57,64,68)/t35-,36+,37+,39+,40?/m1/s1. The molecule has 72 heavy (non-hydrogen) atoms. The molecule has 1 aromatic heterocycles. The Morgan fingerprint density at radius 3 is 2.17 bits per heavy atom. The number of carbonyl (C=O) groups is 8. The SMILES string of the molecule is Cn1c(=O)n(C2CCC(=O)NC2=O)c2ccc(NCCCCCC(=O)N3CC[C@H]4CC[C@@H](C(=O)N[C@@H](CCC(N)=O)C(=O)NC(c5ccccc5)c5ccccc5)N4C(=O)[C@@H](NC(=O)OC(C)(C)C)C3)cc21. The van der Waals surface area contributed by atoms with Gasteiger partial charge in [-0.15, -0.1) is 0 Å². The highest BCUT2D eigenvalue weighted by atomic mass is 16.6. The quantitative estimate of drug-likeness (QED) is 0.0621. The van der Waals surface area contributed by atoms with Crippen molar-refractivity contribution in [3.8, 4) is 0 Å². The van der Waals surface area contributed by atoms with Crippen molar-refractivity contribution in [1.29, 1.82) is 0 Å². The smallest absolute Gasteiger partial charge is 0.408 e. The minimum atomic E-state index is -1.26. The Morgan fingerprint density at radius 2 is 1.51 bits per heavy atom. The molecule has 0 bridgehead atoms. The maximum atomic E-state index is 14.7. The molecule has 5 atom stereocenters. The maximum absolute atomic E-state index is 14.7. The lowest BCUT2D eigenvalue weighted by Crippen LogP contribution is -2.62. The predicted molar refractivity (Wildman–Crippen MR) is 267 cm³/mol. The number of rotatable bonds is 18. The molecule has 0 spiro atoms. The summed E-state index contributed by atoms with van der Waals surface area (Å²) in [5.74, 6) is -3.40. The Kier molecular flexibility index (Phi) is 16.8. The minimum Gasteiger partial charge on any atom is -0.444 e. The Bertz CT molecular complexity index is 2680. The van der Waals surface area contributed by atoms with E-state index in [1.165, 1.54) is 14.0 Å². The first-order valence-electron chi connectivity index (χ1n) is 24.8. The largest absolute Gasteiger partial charge is 0.444 e. The van der Waals surface area contributed by atoms with Crippen molar-refractivity contribution in [3.63, 3.8) is 0 Å². The summed E-state index contributed by atoms with van der Waals surface area (Å²) >= 11 is 0. The second-order valence-corrected chi connectivity index (χ2v) is 19.8. The third-order valence-corrected chi connectivity index (χ3v) is 13.4. The summed E-state index contributed by atoms with van der Waals surface area (Å²) in [5.41, 5.74) is 7.86. The Morgan fingerprint density at radius 1 is 0.819 bits per heavy atom. The molecule has 384 valence electrons. The van der Waals surface area contributed by atoms with Gasteiger partial charge in [0.2, 0.25) is 41.4 Å². The summed E-state index contributed by atoms with van der Waals surface area (Å²) in [6, 6.07) is 18.8. The van der Waals surface area contributed by atoms with Gasteiger partial charge in [-0.1, -0.05) is 67.1 Å². The van der Waals surface area contributed by atoms with Gasteiger partial charge in [0.05, 0.1) is 23.6 Å². The zero-order chi connectivity index (χ0) is 51.7. The van der Waals surface area contributed by atoms with Gasteiger partial charge in [0, 0.05) is 51.1 Å². The second kappa shape index (κ2) is 23.1. The molecule has 4 heterocycles. The van der Waals surface area contributed by atoms with Crippen LogP contribution in [-0.4, -0.2) is 116 Å². The molecule has 3 fully saturated rings. The number of amides is 8. The molecule has 20 heteroatoms. The zero-order valence-corrected chi connectivity index (χ0v) is 41.3. The van der Waals surface area contributed by atoms with Gasteiger partial charge in [0.15, 0.2) is 0 Å². The molecule has 0 radical (unpaired) electrons. The predicted octanol–water partition coefficient (Wildman–Crippen LogP) is 3.43. The summed E-state index contributed by atoms with van der Waals surface area (Å²) < 4.78 is 8.44. The highest BCUT2D eigenvalue weighted by molar-refractivity contribution is 6.00. The monoisotopic (exact) mass is 990 g/mol. The number of nitrogens with one attached hydrogen (secondary N) is 5. The van der Waals surface area contributed by atoms with Crippen LogP contribution in [0.4, 0.5) is 10.5 Å². The topological polar surface area (TPSA) is 265 Å². The van der Waals surface area contributed by atoms with Crippen LogP contribution in [0.25, 0.3) is 11.0 Å². The van der Waals surface area contributed by atoms with Crippen LogP contribution in [-0.2, 0) is 45.3 Å². The summed E-state index contributed by atoms with van der Waals surface area (Å²) in [5, 5.41) is 14.3. The van der Waals surface area contributed by atoms with Gasteiger partial charge in [-0.25, -0.2) is 9.59 Å². The van der Waals surface area contributed by atoms with Crippen molar-refractivity contribution >= 4 is 64.2 Å². The number of primary amides is 1. The zero-order valence-electron chi connectivity index (χ0n) is 41.3. The van der Waals surface area contributed by atoms with Crippen LogP contribution in [0.1, 0.15) is 115 Å². The molecule has 0 saturated carbocycles. The molecular formula is C52H66N10O10. The molecule has 7 N–H and O–H groups in total. The van der Waals surface area contributed by atoms with Gasteiger partial charge in [-0.05, 0) is 95.0 Å². The second-order valence-electron chi connectivity index (χ2n) is 19.8. The van der Waals surface area contributed by atoms with Crippen LogP contribution >= 0.6 is 0 Å². The number of carbonyl (C=O) groups excluding carboxylic acids is 8. The van der Waals surface area contributed by atoms with Crippen molar-refractivity contribution in [2.75, 3.05) is 25.0 Å². The van der Waals surface area contributed by atoms with Crippen LogP contribution < -0.4 is 38.0 Å². The van der Waals surface area contributed by atoms with Crippen LogP contribution in [0.3, 0.4) is 0 Å². The number of imide groups is 1. The number of aryl methyl sites for hydroxylation is 1. The van der Waals surface area contributed by atoms with Crippen molar-refractivity contribution in [3.05, 3.63) is 100 Å². The maximum Gasteiger partial charge on any atom is 0.408 e. The molecule has 3 aliphatic heterocycles. The number of aromatic nitrogens is 2. The normalized spacial score (nSPS) is 19.7. The van der Waals surface area contributed by atoms with E-state index in [1.54, 1.807) is 38.8 Å². The van der Waals surface area contributed by atoms with Gasteiger partial charge in [0.1, 0.15) is 29.8 Å². The van der Waals surface area contributed by atoms with Crippen molar-refractivity contribution in [2.24, 2.45) is 12.8 Å². The first kappa shape index (κ1) is 52.3. The Balaban J connectivity index is 0.975. The number of benzene rings is 3. The number of hydrogen-bond acceptors (Lipinski definition) is 11. The molecule has 8 amide bonds. The lowest BCUT2D eigenvalue weighted by molar-refractivity contribution is -0.146. The first-order valence-corrected chi connectivity index (χ1v) is 24.8. The first-order chi connectivity index (χ1) is 34.4. The van der Waals surface area contributed by atoms with Gasteiger partial charge in [-0.2, -0.15) is 0 Å². The van der Waals surface area contributed by atoms with E-state index in [0.29, 0.717) is 43.3 Å². The van der Waals surface area contributed by atoms with E-state index in [9.17, 15) is 43.2 Å². The molecule has 20 nitrogen and oxygen atoms in total. The number of unbranched alkanes of at least 4 members (excludes halogenated alkanes) is 2. The van der Waals surface area contributed by atoms with E-state index in [2.05, 4.69) is 26.6 Å². The van der Waals surface area contributed by atoms with E-state index in [-0.39, 0.29) is 69.1 Å². The molecule has 0 aliphatic carbocycles. The fourth-order valence-electron chi connectivity index (χ4n) is 9.80. The molecule has 3 aromatic carbocycles. The van der Waals surface area contributed by atoms with Gasteiger partial charge in [-0.3, -0.25) is 48.0 Å². The number of fused-ring (bicyclic) bond motifs is 2. The van der Waals surface area contributed by atoms with E-state index >= 15 is 0 Å². The lowest BCUT2D eigenvalue weighted by Gasteiger charge is -2.39. The number of imidazole rings is 1. The van der Waals surface area contributed by atoms with Crippen LogP contribution in [0, 0.1) is 0 Å². The average Bonchev–Trinajstić information content (AvgIpc) is 3.87.